The number of hydrogen-bond donors (Lipinski definition) is 1. The molecular formula is C12H15F2NO2. The maximum Gasteiger partial charge on any atom is 0.303 e. The minimum absolute atomic E-state index is 0.0197. The Kier molecular flexibility index (Phi) is 4.43. The second kappa shape index (κ2) is 5.61. The summed E-state index contributed by atoms with van der Waals surface area (Å²) in [6.45, 7) is 0. The third kappa shape index (κ3) is 3.69. The van der Waals surface area contributed by atoms with Crippen molar-refractivity contribution in [3.8, 4) is 0 Å². The monoisotopic (exact) mass is 243 g/mol. The highest BCUT2D eigenvalue weighted by Crippen LogP contribution is 2.24. The van der Waals surface area contributed by atoms with E-state index in [1.807, 2.05) is 0 Å². The Hall–Kier alpha value is -1.65. The molecule has 94 valence electrons. The molecule has 0 spiro atoms. The molecule has 0 aliphatic rings. The fraction of sp³-hybridized carbons (Fsp3) is 0.417. The van der Waals surface area contributed by atoms with Crippen molar-refractivity contribution in [3.63, 3.8) is 0 Å². The normalized spacial score (nSPS) is 10.4. The van der Waals surface area contributed by atoms with Crippen LogP contribution in [0.15, 0.2) is 12.1 Å². The Morgan fingerprint density at radius 2 is 1.88 bits per heavy atom. The van der Waals surface area contributed by atoms with Crippen LogP contribution < -0.4 is 4.90 Å². The van der Waals surface area contributed by atoms with Crippen LogP contribution in [-0.2, 0) is 11.2 Å². The van der Waals surface area contributed by atoms with Crippen LogP contribution in [0, 0.1) is 11.6 Å². The zero-order valence-electron chi connectivity index (χ0n) is 9.83. The Bertz CT molecular complexity index is 419. The van der Waals surface area contributed by atoms with Gasteiger partial charge in [-0.1, -0.05) is 0 Å². The number of benzene rings is 1. The molecule has 0 atom stereocenters. The van der Waals surface area contributed by atoms with Gasteiger partial charge in [0.2, 0.25) is 0 Å². The van der Waals surface area contributed by atoms with Gasteiger partial charge in [0.15, 0.2) is 11.6 Å². The number of hydrogen-bond acceptors (Lipinski definition) is 2. The second-order valence-electron chi connectivity index (χ2n) is 4.04. The second-order valence-corrected chi connectivity index (χ2v) is 4.04. The molecule has 0 saturated carbocycles. The van der Waals surface area contributed by atoms with Crippen molar-refractivity contribution >= 4 is 11.7 Å². The molecule has 0 radical (unpaired) electrons. The highest BCUT2D eigenvalue weighted by atomic mass is 19.2. The quantitative estimate of drug-likeness (QED) is 0.863. The fourth-order valence-corrected chi connectivity index (χ4v) is 1.62. The molecule has 0 heterocycles. The molecule has 17 heavy (non-hydrogen) atoms. The van der Waals surface area contributed by atoms with Crippen molar-refractivity contribution in [1.82, 2.24) is 0 Å². The van der Waals surface area contributed by atoms with Crippen LogP contribution in [0.4, 0.5) is 14.5 Å². The van der Waals surface area contributed by atoms with Crippen LogP contribution in [0.2, 0.25) is 0 Å². The average Bonchev–Trinajstić information content (AvgIpc) is 2.22. The fourth-order valence-electron chi connectivity index (χ4n) is 1.62. The van der Waals surface area contributed by atoms with Crippen LogP contribution in [-0.4, -0.2) is 25.2 Å². The number of carbonyl (C=O) groups is 1. The van der Waals surface area contributed by atoms with E-state index in [-0.39, 0.29) is 6.42 Å². The minimum Gasteiger partial charge on any atom is -0.481 e. The van der Waals surface area contributed by atoms with Crippen LogP contribution in [0.25, 0.3) is 0 Å². The topological polar surface area (TPSA) is 40.5 Å². The number of nitrogens with zero attached hydrogens (tertiary/aromatic N) is 1. The van der Waals surface area contributed by atoms with Crippen LogP contribution >= 0.6 is 0 Å². The van der Waals surface area contributed by atoms with E-state index in [0.29, 0.717) is 24.1 Å². The smallest absolute Gasteiger partial charge is 0.303 e. The highest BCUT2D eigenvalue weighted by molar-refractivity contribution is 5.66. The maximum absolute atomic E-state index is 13.1. The van der Waals surface area contributed by atoms with Crippen LogP contribution in [0.1, 0.15) is 18.4 Å². The van der Waals surface area contributed by atoms with E-state index in [4.69, 9.17) is 5.11 Å². The molecule has 0 amide bonds. The first-order chi connectivity index (χ1) is 7.91. The van der Waals surface area contributed by atoms with Crippen molar-refractivity contribution in [2.75, 3.05) is 19.0 Å². The van der Waals surface area contributed by atoms with Gasteiger partial charge in [-0.15, -0.1) is 0 Å². The number of aliphatic carboxylic acids is 1. The molecule has 0 unspecified atom stereocenters. The summed E-state index contributed by atoms with van der Waals surface area (Å²) in [5, 5.41) is 8.52. The van der Waals surface area contributed by atoms with E-state index < -0.39 is 17.6 Å². The van der Waals surface area contributed by atoms with Gasteiger partial charge in [0.1, 0.15) is 0 Å². The van der Waals surface area contributed by atoms with Crippen molar-refractivity contribution in [1.29, 1.82) is 0 Å². The zero-order chi connectivity index (χ0) is 13.0. The van der Waals surface area contributed by atoms with E-state index in [2.05, 4.69) is 0 Å². The molecule has 0 aliphatic carbocycles. The molecule has 1 N–H and O–H groups in total. The van der Waals surface area contributed by atoms with Gasteiger partial charge in [0.25, 0.3) is 0 Å². The summed E-state index contributed by atoms with van der Waals surface area (Å²) in [7, 11) is 3.46. The molecule has 5 heteroatoms. The van der Waals surface area contributed by atoms with E-state index >= 15 is 0 Å². The predicted molar refractivity (Wildman–Crippen MR) is 61.3 cm³/mol. The summed E-state index contributed by atoms with van der Waals surface area (Å²) >= 11 is 0. The molecule has 0 aliphatic heterocycles. The van der Waals surface area contributed by atoms with Gasteiger partial charge >= 0.3 is 5.97 Å². The Balaban J connectivity index is 2.88. The zero-order valence-corrected chi connectivity index (χ0v) is 9.83. The maximum atomic E-state index is 13.1. The Labute approximate surface area is 98.7 Å². The van der Waals surface area contributed by atoms with Gasteiger partial charge in [-0.2, -0.15) is 0 Å². The van der Waals surface area contributed by atoms with Gasteiger partial charge in [-0.05, 0) is 24.5 Å². The summed E-state index contributed by atoms with van der Waals surface area (Å²) in [6, 6.07) is 2.26. The first-order valence-electron chi connectivity index (χ1n) is 5.29. The molecule has 1 aromatic carbocycles. The van der Waals surface area contributed by atoms with Crippen molar-refractivity contribution in [3.05, 3.63) is 29.3 Å². The standard InChI is InChI=1S/C12H15F2NO2/c1-15(2)11-7-10(14)9(13)6-8(11)4-3-5-12(16)17/h6-7H,3-5H2,1-2H3,(H,16,17). The minimum atomic E-state index is -0.902. The highest BCUT2D eigenvalue weighted by Gasteiger charge is 2.11. The van der Waals surface area contributed by atoms with Crippen molar-refractivity contribution in [2.24, 2.45) is 0 Å². The molecule has 1 aromatic rings. The lowest BCUT2D eigenvalue weighted by Crippen LogP contribution is -2.12. The molecule has 1 rings (SSSR count). The molecule has 0 bridgehead atoms. The van der Waals surface area contributed by atoms with Gasteiger partial charge in [-0.3, -0.25) is 4.79 Å². The lowest BCUT2D eigenvalue weighted by atomic mass is 10.0. The first kappa shape index (κ1) is 13.4. The molecule has 0 fully saturated rings. The van der Waals surface area contributed by atoms with E-state index in [1.165, 1.54) is 0 Å². The van der Waals surface area contributed by atoms with Gasteiger partial charge in [0, 0.05) is 32.3 Å². The summed E-state index contributed by atoms with van der Waals surface area (Å²) < 4.78 is 26.2. The Morgan fingerprint density at radius 3 is 2.41 bits per heavy atom. The Morgan fingerprint density at radius 1 is 1.29 bits per heavy atom. The summed E-state index contributed by atoms with van der Waals surface area (Å²) in [5.41, 5.74) is 1.20. The van der Waals surface area contributed by atoms with Gasteiger partial charge < -0.3 is 10.0 Å². The molecule has 3 nitrogen and oxygen atoms in total. The lowest BCUT2D eigenvalue weighted by Gasteiger charge is -2.17. The van der Waals surface area contributed by atoms with E-state index in [1.54, 1.807) is 19.0 Å². The number of carboxylic acid groups (broad SMARTS) is 1. The van der Waals surface area contributed by atoms with Crippen molar-refractivity contribution in [2.45, 2.75) is 19.3 Å². The lowest BCUT2D eigenvalue weighted by molar-refractivity contribution is -0.137. The number of halogens is 2. The summed E-state index contributed by atoms with van der Waals surface area (Å²) in [5.74, 6) is -2.68. The molecule has 0 aromatic heterocycles. The first-order valence-corrected chi connectivity index (χ1v) is 5.29. The van der Waals surface area contributed by atoms with Gasteiger partial charge in [0.05, 0.1) is 0 Å². The number of rotatable bonds is 5. The van der Waals surface area contributed by atoms with Gasteiger partial charge in [-0.25, -0.2) is 8.78 Å². The number of anilines is 1. The van der Waals surface area contributed by atoms with E-state index in [0.717, 1.165) is 12.1 Å². The van der Waals surface area contributed by atoms with E-state index in [9.17, 15) is 13.6 Å². The summed E-state index contributed by atoms with van der Waals surface area (Å²) in [6.07, 6.45) is 0.837. The number of carboxylic acids is 1. The molecular weight excluding hydrogens is 228 g/mol. The predicted octanol–water partition coefficient (Wildman–Crippen LogP) is 2.44. The van der Waals surface area contributed by atoms with Crippen LogP contribution in [0.3, 0.4) is 0 Å². The average molecular weight is 243 g/mol. The third-order valence-corrected chi connectivity index (χ3v) is 2.44. The SMILES string of the molecule is CN(C)c1cc(F)c(F)cc1CCCC(=O)O. The summed E-state index contributed by atoms with van der Waals surface area (Å²) in [4.78, 5) is 12.1. The number of aryl methyl sites for hydroxylation is 1. The largest absolute Gasteiger partial charge is 0.481 e. The third-order valence-electron chi connectivity index (χ3n) is 2.44. The van der Waals surface area contributed by atoms with Crippen LogP contribution in [0.5, 0.6) is 0 Å². The molecule has 0 saturated heterocycles. The van der Waals surface area contributed by atoms with Crippen molar-refractivity contribution < 1.29 is 18.7 Å².